The smallest absolute Gasteiger partial charge is 0.436 e. The molecule has 1 N–H and O–H groups in total. The number of alkyl halides is 3. The van der Waals surface area contributed by atoms with Gasteiger partial charge in [-0.15, -0.1) is 0 Å². The number of rotatable bonds is 5. The van der Waals surface area contributed by atoms with Crippen molar-refractivity contribution in [1.82, 2.24) is 19.6 Å². The quantitative estimate of drug-likeness (QED) is 0.704. The second-order valence-electron chi connectivity index (χ2n) is 5.59. The molecule has 8 nitrogen and oxygen atoms in total. The van der Waals surface area contributed by atoms with Crippen LogP contribution in [0.25, 0.3) is 0 Å². The third-order valence-electron chi connectivity index (χ3n) is 3.81. The van der Waals surface area contributed by atoms with Crippen molar-refractivity contribution in [3.8, 4) is 0 Å². The number of carbonyl (C=O) groups excluding carboxylic acids is 2. The van der Waals surface area contributed by atoms with Crippen LogP contribution in [-0.2, 0) is 22.3 Å². The van der Waals surface area contributed by atoms with Crippen LogP contribution in [-0.4, -0.2) is 38.5 Å². The van der Waals surface area contributed by atoms with Gasteiger partial charge in [-0.05, 0) is 36.7 Å². The molecular weight excluding hydrogens is 435 g/mol. The zero-order valence-corrected chi connectivity index (χ0v) is 16.5. The van der Waals surface area contributed by atoms with E-state index in [9.17, 15) is 22.8 Å². The Bertz CT molecular complexity index is 875. The molecule has 0 saturated heterocycles. The largest absolute Gasteiger partial charge is 0.464 e. The first-order valence-electron chi connectivity index (χ1n) is 7.79. The Morgan fingerprint density at radius 1 is 1.37 bits per heavy atom. The number of ether oxygens (including phenoxy) is 1. The highest BCUT2D eigenvalue weighted by Crippen LogP contribution is 2.36. The van der Waals surface area contributed by atoms with E-state index in [0.29, 0.717) is 6.54 Å². The molecule has 148 valence electrons. The van der Waals surface area contributed by atoms with Gasteiger partial charge >= 0.3 is 12.1 Å². The third-order valence-corrected chi connectivity index (χ3v) is 4.76. The van der Waals surface area contributed by atoms with Gasteiger partial charge in [-0.2, -0.15) is 23.4 Å². The molecule has 0 aliphatic rings. The maximum Gasteiger partial charge on any atom is 0.436 e. The number of anilines is 1. The van der Waals surface area contributed by atoms with E-state index in [4.69, 9.17) is 0 Å². The van der Waals surface area contributed by atoms with Crippen molar-refractivity contribution in [2.24, 2.45) is 0 Å². The maximum atomic E-state index is 13.0. The van der Waals surface area contributed by atoms with Gasteiger partial charge < -0.3 is 10.1 Å². The molecule has 0 fully saturated rings. The number of nitrogens with one attached hydrogen (secondary N) is 1. The van der Waals surface area contributed by atoms with Gasteiger partial charge in [-0.1, -0.05) is 0 Å². The molecule has 0 aliphatic carbocycles. The summed E-state index contributed by atoms with van der Waals surface area (Å²) in [5.41, 5.74) is -0.981. The topological polar surface area (TPSA) is 91.0 Å². The third kappa shape index (κ3) is 4.15. The van der Waals surface area contributed by atoms with Gasteiger partial charge in [0.2, 0.25) is 5.91 Å². The highest BCUT2D eigenvalue weighted by Gasteiger charge is 2.39. The number of hydrogen-bond donors (Lipinski definition) is 1. The van der Waals surface area contributed by atoms with Crippen molar-refractivity contribution in [3.05, 3.63) is 27.8 Å². The number of halogens is 4. The van der Waals surface area contributed by atoms with Crippen LogP contribution in [0.1, 0.15) is 41.8 Å². The van der Waals surface area contributed by atoms with Gasteiger partial charge in [-0.3, -0.25) is 14.2 Å². The number of amides is 1. The average molecular weight is 452 g/mol. The van der Waals surface area contributed by atoms with Crippen LogP contribution in [0, 0.1) is 6.92 Å². The average Bonchev–Trinajstić information content (AvgIpc) is 3.15. The van der Waals surface area contributed by atoms with Gasteiger partial charge in [-0.25, -0.2) is 4.79 Å². The lowest BCUT2D eigenvalue weighted by molar-refractivity contribution is -0.142. The number of carbonyl (C=O) groups is 2. The number of aryl methyl sites for hydroxylation is 1. The number of methoxy groups -OCH3 is 1. The van der Waals surface area contributed by atoms with E-state index in [2.05, 4.69) is 36.2 Å². The van der Waals surface area contributed by atoms with Crippen LogP contribution < -0.4 is 5.32 Å². The molecule has 2 aromatic rings. The molecule has 1 atom stereocenters. The summed E-state index contributed by atoms with van der Waals surface area (Å²) >= 11 is 2.86. The molecule has 0 radical (unpaired) electrons. The molecule has 0 aliphatic heterocycles. The summed E-state index contributed by atoms with van der Waals surface area (Å²) in [5, 5.41) is 10.0. The van der Waals surface area contributed by atoms with E-state index in [-0.39, 0.29) is 21.5 Å². The normalized spacial score (nSPS) is 12.7. The second kappa shape index (κ2) is 7.71. The van der Waals surface area contributed by atoms with Gasteiger partial charge in [0.15, 0.2) is 11.4 Å². The molecule has 2 heterocycles. The first-order valence-corrected chi connectivity index (χ1v) is 8.58. The Kier molecular flexibility index (Phi) is 5.97. The van der Waals surface area contributed by atoms with E-state index in [0.717, 1.165) is 4.68 Å². The lowest BCUT2D eigenvalue weighted by Crippen LogP contribution is -2.26. The van der Waals surface area contributed by atoms with Crippen molar-refractivity contribution in [2.45, 2.75) is 39.5 Å². The van der Waals surface area contributed by atoms with Crippen LogP contribution >= 0.6 is 15.9 Å². The molecule has 27 heavy (non-hydrogen) atoms. The molecule has 2 aromatic heterocycles. The van der Waals surface area contributed by atoms with Crippen LogP contribution in [0.3, 0.4) is 0 Å². The number of esters is 1. The van der Waals surface area contributed by atoms with Crippen molar-refractivity contribution in [1.29, 1.82) is 0 Å². The molecule has 0 bridgehead atoms. The molecule has 0 aromatic carbocycles. The van der Waals surface area contributed by atoms with Crippen molar-refractivity contribution < 1.29 is 27.5 Å². The monoisotopic (exact) mass is 451 g/mol. The minimum absolute atomic E-state index is 0.0977. The lowest BCUT2D eigenvalue weighted by atomic mass is 10.2. The van der Waals surface area contributed by atoms with E-state index >= 15 is 0 Å². The predicted molar refractivity (Wildman–Crippen MR) is 92.2 cm³/mol. The fourth-order valence-corrected chi connectivity index (χ4v) is 2.81. The summed E-state index contributed by atoms with van der Waals surface area (Å²) in [5.74, 6) is -1.41. The Labute approximate surface area is 160 Å². The van der Waals surface area contributed by atoms with Gasteiger partial charge in [0.25, 0.3) is 0 Å². The predicted octanol–water partition coefficient (Wildman–Crippen LogP) is 3.18. The van der Waals surface area contributed by atoms with Crippen LogP contribution in [0.15, 0.2) is 10.7 Å². The molecule has 1 unspecified atom stereocenters. The summed E-state index contributed by atoms with van der Waals surface area (Å²) in [7, 11) is 1.17. The standard InChI is InChI=1S/C15H17BrF3N5O3/c1-5-23-6-9(11(21-23)14(26)27-4)20-13(25)8(3)24-7(2)10(16)12(22-24)15(17,18)19/h6,8H,5H2,1-4H3,(H,20,25). The SMILES string of the molecule is CCn1cc(NC(=O)C(C)n2nc(C(F)(F)F)c(Br)c2C)c(C(=O)OC)n1. The number of aromatic nitrogens is 4. The minimum Gasteiger partial charge on any atom is -0.464 e. The fraction of sp³-hybridized carbons (Fsp3) is 0.467. The van der Waals surface area contributed by atoms with Gasteiger partial charge in [0.1, 0.15) is 6.04 Å². The van der Waals surface area contributed by atoms with E-state index in [1.807, 2.05) is 0 Å². The number of nitrogens with zero attached hydrogens (tertiary/aromatic N) is 4. The minimum atomic E-state index is -4.66. The maximum absolute atomic E-state index is 13.0. The summed E-state index contributed by atoms with van der Waals surface area (Å²) in [4.78, 5) is 24.3. The molecule has 0 spiro atoms. The highest BCUT2D eigenvalue weighted by molar-refractivity contribution is 9.10. The zero-order chi connectivity index (χ0) is 20.5. The van der Waals surface area contributed by atoms with E-state index < -0.39 is 29.8 Å². The molecular formula is C15H17BrF3N5O3. The van der Waals surface area contributed by atoms with Crippen molar-refractivity contribution in [3.63, 3.8) is 0 Å². The van der Waals surface area contributed by atoms with Crippen molar-refractivity contribution in [2.75, 3.05) is 12.4 Å². The molecule has 1 amide bonds. The second-order valence-corrected chi connectivity index (χ2v) is 6.39. The van der Waals surface area contributed by atoms with Crippen LogP contribution in [0.2, 0.25) is 0 Å². The van der Waals surface area contributed by atoms with Crippen LogP contribution in [0.5, 0.6) is 0 Å². The fourth-order valence-electron chi connectivity index (χ4n) is 2.33. The summed E-state index contributed by atoms with van der Waals surface area (Å²) in [6.45, 7) is 5.02. The Morgan fingerprint density at radius 3 is 2.48 bits per heavy atom. The Balaban J connectivity index is 2.32. The van der Waals surface area contributed by atoms with Crippen molar-refractivity contribution >= 4 is 33.5 Å². The summed E-state index contributed by atoms with van der Waals surface area (Å²) < 4.78 is 45.8. The van der Waals surface area contributed by atoms with Gasteiger partial charge in [0, 0.05) is 12.7 Å². The Hall–Kier alpha value is -2.37. The molecule has 2 rings (SSSR count). The zero-order valence-electron chi connectivity index (χ0n) is 14.9. The van der Waals surface area contributed by atoms with E-state index in [1.54, 1.807) is 6.92 Å². The van der Waals surface area contributed by atoms with Gasteiger partial charge in [0.05, 0.1) is 23.0 Å². The Morgan fingerprint density at radius 2 is 2.00 bits per heavy atom. The van der Waals surface area contributed by atoms with E-state index in [1.165, 1.54) is 31.8 Å². The summed E-state index contributed by atoms with van der Waals surface area (Å²) in [6.07, 6.45) is -3.23. The molecule has 0 saturated carbocycles. The lowest BCUT2D eigenvalue weighted by Gasteiger charge is -2.14. The molecule has 12 heteroatoms. The van der Waals surface area contributed by atoms with Crippen LogP contribution in [0.4, 0.5) is 18.9 Å². The first kappa shape index (κ1) is 20.9. The number of hydrogen-bond acceptors (Lipinski definition) is 5. The first-order chi connectivity index (χ1) is 12.5. The highest BCUT2D eigenvalue weighted by atomic mass is 79.9. The summed E-state index contributed by atoms with van der Waals surface area (Å²) in [6, 6.07) is -1.08.